The van der Waals surface area contributed by atoms with E-state index in [0.29, 0.717) is 6.54 Å². The van der Waals surface area contributed by atoms with Gasteiger partial charge in [0.15, 0.2) is 0 Å². The summed E-state index contributed by atoms with van der Waals surface area (Å²) in [6.45, 7) is 4.48. The molecule has 1 aromatic rings. The number of piperidine rings is 1. The van der Waals surface area contributed by atoms with Crippen LogP contribution in [0.1, 0.15) is 33.1 Å². The minimum absolute atomic E-state index is 0.0467. The standard InChI is InChI=1S/C18H26N2O4/c1-3-14-11-16(9-10-19(14)12-17(21)22)20(13(2)18(23)24)15-7-5-4-6-8-15/h4-8,13-14,16H,3,9-12H2,1-2H3,(H,21,22)(H,23,24)/t13-,14?,16?/m0/s1. The quantitative estimate of drug-likeness (QED) is 0.796. The van der Waals surface area contributed by atoms with Crippen LogP contribution in [-0.4, -0.2) is 58.3 Å². The monoisotopic (exact) mass is 334 g/mol. The summed E-state index contributed by atoms with van der Waals surface area (Å²) < 4.78 is 0. The number of rotatable bonds is 7. The van der Waals surface area contributed by atoms with Gasteiger partial charge in [0.25, 0.3) is 0 Å². The van der Waals surface area contributed by atoms with Crippen molar-refractivity contribution in [2.75, 3.05) is 18.0 Å². The minimum Gasteiger partial charge on any atom is -0.480 e. The Bertz CT molecular complexity index is 563. The summed E-state index contributed by atoms with van der Waals surface area (Å²) >= 11 is 0. The Labute approximate surface area is 142 Å². The summed E-state index contributed by atoms with van der Waals surface area (Å²) in [4.78, 5) is 26.6. The summed E-state index contributed by atoms with van der Waals surface area (Å²) in [7, 11) is 0. The van der Waals surface area contributed by atoms with E-state index in [4.69, 9.17) is 5.11 Å². The molecule has 1 aliphatic rings. The lowest BCUT2D eigenvalue weighted by Crippen LogP contribution is -2.54. The summed E-state index contributed by atoms with van der Waals surface area (Å²) in [6.07, 6.45) is 2.39. The molecule has 3 atom stereocenters. The number of carboxylic acids is 2. The van der Waals surface area contributed by atoms with Crippen molar-refractivity contribution in [3.05, 3.63) is 30.3 Å². The fourth-order valence-corrected chi connectivity index (χ4v) is 3.61. The zero-order chi connectivity index (χ0) is 17.7. The van der Waals surface area contributed by atoms with Crippen molar-refractivity contribution in [2.24, 2.45) is 0 Å². The highest BCUT2D eigenvalue weighted by molar-refractivity contribution is 5.78. The Morgan fingerprint density at radius 2 is 1.96 bits per heavy atom. The molecule has 0 bridgehead atoms. The molecule has 2 unspecified atom stereocenters. The highest BCUT2D eigenvalue weighted by Crippen LogP contribution is 2.29. The summed E-state index contributed by atoms with van der Waals surface area (Å²) in [5.74, 6) is -1.66. The van der Waals surface area contributed by atoms with Crippen molar-refractivity contribution >= 4 is 17.6 Å². The maximum absolute atomic E-state index is 11.6. The number of para-hydroxylation sites is 1. The lowest BCUT2D eigenvalue weighted by Gasteiger charge is -2.45. The van der Waals surface area contributed by atoms with E-state index in [2.05, 4.69) is 6.92 Å². The Morgan fingerprint density at radius 3 is 2.50 bits per heavy atom. The number of anilines is 1. The van der Waals surface area contributed by atoms with E-state index in [0.717, 1.165) is 24.9 Å². The zero-order valence-electron chi connectivity index (χ0n) is 14.3. The van der Waals surface area contributed by atoms with E-state index in [9.17, 15) is 14.7 Å². The first-order chi connectivity index (χ1) is 11.4. The molecule has 1 heterocycles. The van der Waals surface area contributed by atoms with Gasteiger partial charge in [-0.2, -0.15) is 0 Å². The number of likely N-dealkylation sites (tertiary alicyclic amines) is 1. The molecule has 2 rings (SSSR count). The minimum atomic E-state index is -0.847. The Hall–Kier alpha value is -2.08. The van der Waals surface area contributed by atoms with Gasteiger partial charge < -0.3 is 15.1 Å². The van der Waals surface area contributed by atoms with Crippen LogP contribution in [0.5, 0.6) is 0 Å². The predicted molar refractivity (Wildman–Crippen MR) is 92.3 cm³/mol. The molecule has 24 heavy (non-hydrogen) atoms. The molecule has 1 aromatic carbocycles. The van der Waals surface area contributed by atoms with Gasteiger partial charge in [-0.05, 0) is 38.3 Å². The average molecular weight is 334 g/mol. The number of aliphatic carboxylic acids is 2. The average Bonchev–Trinajstić information content (AvgIpc) is 2.56. The number of carboxylic acid groups (broad SMARTS) is 2. The second-order valence-electron chi connectivity index (χ2n) is 6.36. The molecule has 0 spiro atoms. The number of hydrogen-bond acceptors (Lipinski definition) is 4. The van der Waals surface area contributed by atoms with Crippen LogP contribution in [0.15, 0.2) is 30.3 Å². The lowest BCUT2D eigenvalue weighted by molar-refractivity contribution is -0.139. The zero-order valence-corrected chi connectivity index (χ0v) is 14.3. The molecular formula is C18H26N2O4. The van der Waals surface area contributed by atoms with Gasteiger partial charge in [0.05, 0.1) is 6.54 Å². The fourth-order valence-electron chi connectivity index (χ4n) is 3.61. The molecule has 0 saturated carbocycles. The third kappa shape index (κ3) is 4.26. The summed E-state index contributed by atoms with van der Waals surface area (Å²) in [5.41, 5.74) is 0.902. The van der Waals surface area contributed by atoms with E-state index in [1.54, 1.807) is 6.92 Å². The fraction of sp³-hybridized carbons (Fsp3) is 0.556. The third-order valence-corrected chi connectivity index (χ3v) is 4.84. The van der Waals surface area contributed by atoms with E-state index >= 15 is 0 Å². The largest absolute Gasteiger partial charge is 0.480 e. The van der Waals surface area contributed by atoms with Crippen LogP contribution in [0, 0.1) is 0 Å². The third-order valence-electron chi connectivity index (χ3n) is 4.84. The summed E-state index contributed by atoms with van der Waals surface area (Å²) in [6, 6.07) is 9.23. The van der Waals surface area contributed by atoms with Gasteiger partial charge >= 0.3 is 11.9 Å². The van der Waals surface area contributed by atoms with Crippen molar-refractivity contribution in [3.63, 3.8) is 0 Å². The van der Waals surface area contributed by atoms with Crippen molar-refractivity contribution in [1.82, 2.24) is 4.90 Å². The topological polar surface area (TPSA) is 81.1 Å². The molecule has 6 heteroatoms. The van der Waals surface area contributed by atoms with Crippen molar-refractivity contribution < 1.29 is 19.8 Å². The highest BCUT2D eigenvalue weighted by Gasteiger charge is 2.35. The molecule has 0 amide bonds. The molecule has 1 aliphatic heterocycles. The van der Waals surface area contributed by atoms with E-state index in [1.165, 1.54) is 0 Å². The highest BCUT2D eigenvalue weighted by atomic mass is 16.4. The van der Waals surface area contributed by atoms with Crippen molar-refractivity contribution in [3.8, 4) is 0 Å². The van der Waals surface area contributed by atoms with E-state index in [-0.39, 0.29) is 18.6 Å². The van der Waals surface area contributed by atoms with Gasteiger partial charge in [-0.25, -0.2) is 4.79 Å². The van der Waals surface area contributed by atoms with Gasteiger partial charge in [-0.15, -0.1) is 0 Å². The molecule has 1 fully saturated rings. The Balaban J connectivity index is 2.21. The van der Waals surface area contributed by atoms with Crippen LogP contribution in [-0.2, 0) is 9.59 Å². The first kappa shape index (κ1) is 18.3. The Morgan fingerprint density at radius 1 is 1.29 bits per heavy atom. The predicted octanol–water partition coefficient (Wildman–Crippen LogP) is 2.29. The molecule has 0 aromatic heterocycles. The molecular weight excluding hydrogens is 308 g/mol. The lowest BCUT2D eigenvalue weighted by atomic mass is 9.92. The van der Waals surface area contributed by atoms with Crippen LogP contribution >= 0.6 is 0 Å². The molecule has 0 radical (unpaired) electrons. The number of hydrogen-bond donors (Lipinski definition) is 2. The van der Waals surface area contributed by atoms with Crippen LogP contribution in [0.25, 0.3) is 0 Å². The van der Waals surface area contributed by atoms with Crippen LogP contribution < -0.4 is 4.90 Å². The van der Waals surface area contributed by atoms with Crippen LogP contribution in [0.3, 0.4) is 0 Å². The second-order valence-corrected chi connectivity index (χ2v) is 6.36. The van der Waals surface area contributed by atoms with Crippen LogP contribution in [0.2, 0.25) is 0 Å². The van der Waals surface area contributed by atoms with Gasteiger partial charge in [-0.1, -0.05) is 25.1 Å². The van der Waals surface area contributed by atoms with Gasteiger partial charge in [-0.3, -0.25) is 9.69 Å². The molecule has 2 N–H and O–H groups in total. The Kier molecular flexibility index (Phi) is 6.20. The molecule has 6 nitrogen and oxygen atoms in total. The molecule has 0 aliphatic carbocycles. The van der Waals surface area contributed by atoms with Gasteiger partial charge in [0.1, 0.15) is 6.04 Å². The smallest absolute Gasteiger partial charge is 0.326 e. The van der Waals surface area contributed by atoms with Gasteiger partial charge in [0, 0.05) is 24.3 Å². The molecule has 132 valence electrons. The first-order valence-electron chi connectivity index (χ1n) is 8.46. The number of carbonyl (C=O) groups is 2. The normalized spacial score (nSPS) is 22.8. The maximum atomic E-state index is 11.6. The second kappa shape index (κ2) is 8.15. The first-order valence-corrected chi connectivity index (χ1v) is 8.46. The van der Waals surface area contributed by atoms with Crippen LogP contribution in [0.4, 0.5) is 5.69 Å². The number of nitrogens with zero attached hydrogens (tertiary/aromatic N) is 2. The van der Waals surface area contributed by atoms with Gasteiger partial charge in [0.2, 0.25) is 0 Å². The number of benzene rings is 1. The molecule has 1 saturated heterocycles. The van der Waals surface area contributed by atoms with E-state index in [1.807, 2.05) is 40.1 Å². The summed E-state index contributed by atoms with van der Waals surface area (Å²) in [5, 5.41) is 18.6. The van der Waals surface area contributed by atoms with E-state index < -0.39 is 18.0 Å². The van der Waals surface area contributed by atoms with Crippen molar-refractivity contribution in [1.29, 1.82) is 0 Å². The SMILES string of the molecule is CCC1CC(N(c2ccccc2)[C@@H](C)C(=O)O)CCN1CC(=O)O. The maximum Gasteiger partial charge on any atom is 0.326 e. The van der Waals surface area contributed by atoms with Crippen molar-refractivity contribution in [2.45, 2.75) is 51.2 Å².